The Morgan fingerprint density at radius 1 is 1.03 bits per heavy atom. The number of aromatic nitrogens is 2. The molecule has 6 nitrogen and oxygen atoms in total. The molecule has 0 spiro atoms. The smallest absolute Gasteiger partial charge is 0.304 e. The van der Waals surface area contributed by atoms with Gasteiger partial charge in [0.1, 0.15) is 0 Å². The lowest BCUT2D eigenvalue weighted by Gasteiger charge is -2.14. The average Bonchev–Trinajstić information content (AvgIpc) is 3.16. The maximum Gasteiger partial charge on any atom is 0.304 e. The van der Waals surface area contributed by atoms with Gasteiger partial charge in [-0.15, -0.1) is 0 Å². The number of aryl methyl sites for hydroxylation is 2. The first kappa shape index (κ1) is 20.3. The number of nitrogens with zero attached hydrogens (tertiary/aromatic N) is 1. The molecule has 31 heavy (non-hydrogen) atoms. The van der Waals surface area contributed by atoms with E-state index in [1.165, 1.54) is 11.1 Å². The minimum absolute atomic E-state index is 0.297. The molecule has 0 saturated carbocycles. The van der Waals surface area contributed by atoms with E-state index in [1.807, 2.05) is 24.3 Å². The summed E-state index contributed by atoms with van der Waals surface area (Å²) in [7, 11) is 0. The van der Waals surface area contributed by atoms with Crippen molar-refractivity contribution in [3.63, 3.8) is 0 Å². The predicted molar refractivity (Wildman–Crippen MR) is 121 cm³/mol. The molecule has 6 heteroatoms. The van der Waals surface area contributed by atoms with Gasteiger partial charge in [0.25, 0.3) is 0 Å². The van der Waals surface area contributed by atoms with E-state index in [4.69, 9.17) is 0 Å². The van der Waals surface area contributed by atoms with Crippen molar-refractivity contribution in [2.75, 3.05) is 5.32 Å². The highest BCUT2D eigenvalue weighted by molar-refractivity contribution is 6.03. The minimum atomic E-state index is -1.03. The zero-order chi connectivity index (χ0) is 22.0. The van der Waals surface area contributed by atoms with Crippen LogP contribution in [-0.4, -0.2) is 27.2 Å². The Labute approximate surface area is 179 Å². The molecule has 3 aromatic carbocycles. The fourth-order valence-electron chi connectivity index (χ4n) is 3.75. The van der Waals surface area contributed by atoms with E-state index in [1.54, 1.807) is 24.3 Å². The van der Waals surface area contributed by atoms with Crippen molar-refractivity contribution in [2.45, 2.75) is 26.2 Å². The standard InChI is InChI=1S/C25H23N3O3/c1-15-8-9-16(2)20(12-15)18-10-11-19-22(13-18)27-28-24(19)26-25(31)21(14-23(29)30)17-6-4-3-5-7-17/h3-13,21H,14H2,1-2H3,(H,29,30)(H2,26,27,28,31). The summed E-state index contributed by atoms with van der Waals surface area (Å²) in [5, 5.41) is 20.1. The second-order valence-electron chi connectivity index (χ2n) is 7.70. The number of carboxylic acid groups (broad SMARTS) is 1. The maximum atomic E-state index is 12.9. The summed E-state index contributed by atoms with van der Waals surface area (Å²) in [6.45, 7) is 4.13. The molecule has 1 aromatic heterocycles. The monoisotopic (exact) mass is 413 g/mol. The Morgan fingerprint density at radius 2 is 1.81 bits per heavy atom. The third-order valence-corrected chi connectivity index (χ3v) is 5.41. The fraction of sp³-hybridized carbons (Fsp3) is 0.160. The molecule has 1 heterocycles. The zero-order valence-corrected chi connectivity index (χ0v) is 17.3. The molecule has 0 aliphatic carbocycles. The molecule has 0 fully saturated rings. The van der Waals surface area contributed by atoms with Gasteiger partial charge in [0.15, 0.2) is 5.82 Å². The summed E-state index contributed by atoms with van der Waals surface area (Å²) in [5.41, 5.74) is 6.01. The van der Waals surface area contributed by atoms with Crippen LogP contribution >= 0.6 is 0 Å². The Morgan fingerprint density at radius 3 is 2.55 bits per heavy atom. The lowest BCUT2D eigenvalue weighted by Crippen LogP contribution is -2.23. The summed E-state index contributed by atoms with van der Waals surface area (Å²) >= 11 is 0. The van der Waals surface area contributed by atoms with Crippen molar-refractivity contribution < 1.29 is 14.7 Å². The molecule has 1 atom stereocenters. The van der Waals surface area contributed by atoms with Gasteiger partial charge in [0.05, 0.1) is 17.9 Å². The van der Waals surface area contributed by atoms with Crippen LogP contribution in [0.1, 0.15) is 29.0 Å². The molecular formula is C25H23N3O3. The van der Waals surface area contributed by atoms with Gasteiger partial charge in [0, 0.05) is 5.39 Å². The lowest BCUT2D eigenvalue weighted by molar-refractivity contribution is -0.139. The summed E-state index contributed by atoms with van der Waals surface area (Å²) in [6.07, 6.45) is -0.297. The second-order valence-corrected chi connectivity index (χ2v) is 7.70. The Kier molecular flexibility index (Phi) is 5.54. The average molecular weight is 413 g/mol. The van der Waals surface area contributed by atoms with Gasteiger partial charge in [-0.2, -0.15) is 5.10 Å². The molecule has 3 N–H and O–H groups in total. The van der Waals surface area contributed by atoms with Gasteiger partial charge in [0.2, 0.25) is 5.91 Å². The number of aliphatic carboxylic acids is 1. The SMILES string of the molecule is Cc1ccc(C)c(-c2ccc3c(NC(=O)C(CC(=O)O)c4ccccc4)n[nH]c3c2)c1. The Hall–Kier alpha value is -3.93. The quantitative estimate of drug-likeness (QED) is 0.412. The van der Waals surface area contributed by atoms with Crippen molar-refractivity contribution in [3.8, 4) is 11.1 Å². The maximum absolute atomic E-state index is 12.9. The van der Waals surface area contributed by atoms with E-state index >= 15 is 0 Å². The Balaban J connectivity index is 1.63. The number of hydrogen-bond donors (Lipinski definition) is 3. The number of anilines is 1. The number of H-pyrrole nitrogens is 1. The van der Waals surface area contributed by atoms with E-state index in [2.05, 4.69) is 47.6 Å². The van der Waals surface area contributed by atoms with E-state index in [-0.39, 0.29) is 6.42 Å². The number of rotatable bonds is 6. The van der Waals surface area contributed by atoms with E-state index in [0.717, 1.165) is 22.0 Å². The number of carboxylic acids is 1. The van der Waals surface area contributed by atoms with Crippen LogP contribution in [0, 0.1) is 13.8 Å². The molecule has 156 valence electrons. The predicted octanol–water partition coefficient (Wildman–Crippen LogP) is 5.04. The van der Waals surface area contributed by atoms with Gasteiger partial charge >= 0.3 is 5.97 Å². The van der Waals surface area contributed by atoms with Crippen LogP contribution < -0.4 is 5.32 Å². The zero-order valence-electron chi connectivity index (χ0n) is 17.3. The minimum Gasteiger partial charge on any atom is -0.481 e. The fourth-order valence-corrected chi connectivity index (χ4v) is 3.75. The summed E-state index contributed by atoms with van der Waals surface area (Å²) in [4.78, 5) is 24.3. The number of fused-ring (bicyclic) bond motifs is 1. The van der Waals surface area contributed by atoms with Crippen molar-refractivity contribution >= 4 is 28.6 Å². The molecule has 0 saturated heterocycles. The number of benzene rings is 3. The third kappa shape index (κ3) is 4.33. The van der Waals surface area contributed by atoms with Crippen molar-refractivity contribution in [1.82, 2.24) is 10.2 Å². The number of hydrogen-bond acceptors (Lipinski definition) is 3. The first-order valence-electron chi connectivity index (χ1n) is 10.1. The van der Waals surface area contributed by atoms with Crippen LogP contribution in [-0.2, 0) is 9.59 Å². The number of amides is 1. The van der Waals surface area contributed by atoms with E-state index in [9.17, 15) is 14.7 Å². The molecule has 0 aliphatic rings. The summed E-state index contributed by atoms with van der Waals surface area (Å²) < 4.78 is 0. The molecular weight excluding hydrogens is 390 g/mol. The number of carbonyl (C=O) groups excluding carboxylic acids is 1. The molecule has 0 bridgehead atoms. The van der Waals surface area contributed by atoms with Crippen molar-refractivity contribution in [3.05, 3.63) is 83.4 Å². The summed E-state index contributed by atoms with van der Waals surface area (Å²) in [5.74, 6) is -1.85. The number of aromatic amines is 1. The number of nitrogens with one attached hydrogen (secondary N) is 2. The highest BCUT2D eigenvalue weighted by atomic mass is 16.4. The topological polar surface area (TPSA) is 95.1 Å². The molecule has 4 rings (SSSR count). The molecule has 1 amide bonds. The second kappa shape index (κ2) is 8.44. The van der Waals surface area contributed by atoms with Crippen LogP contribution in [0.25, 0.3) is 22.0 Å². The van der Waals surface area contributed by atoms with Crippen molar-refractivity contribution in [2.24, 2.45) is 0 Å². The normalized spacial score (nSPS) is 11.9. The van der Waals surface area contributed by atoms with Crippen LogP contribution in [0.4, 0.5) is 5.82 Å². The summed E-state index contributed by atoms with van der Waals surface area (Å²) in [6, 6.07) is 21.2. The molecule has 4 aromatic rings. The Bertz CT molecular complexity index is 1260. The lowest BCUT2D eigenvalue weighted by atomic mass is 9.95. The van der Waals surface area contributed by atoms with Gasteiger partial charge < -0.3 is 10.4 Å². The highest BCUT2D eigenvalue weighted by Crippen LogP contribution is 2.30. The molecule has 1 unspecified atom stereocenters. The first-order chi connectivity index (χ1) is 14.9. The highest BCUT2D eigenvalue weighted by Gasteiger charge is 2.25. The van der Waals surface area contributed by atoms with Gasteiger partial charge in [-0.25, -0.2) is 0 Å². The largest absolute Gasteiger partial charge is 0.481 e. The van der Waals surface area contributed by atoms with Crippen LogP contribution in [0.5, 0.6) is 0 Å². The number of carbonyl (C=O) groups is 2. The van der Waals surface area contributed by atoms with Gasteiger partial charge in [-0.1, -0.05) is 60.2 Å². The van der Waals surface area contributed by atoms with Gasteiger partial charge in [-0.05, 0) is 48.2 Å². The molecule has 0 radical (unpaired) electrons. The molecule has 0 aliphatic heterocycles. The van der Waals surface area contributed by atoms with Crippen LogP contribution in [0.2, 0.25) is 0 Å². The third-order valence-electron chi connectivity index (χ3n) is 5.41. The first-order valence-corrected chi connectivity index (χ1v) is 10.1. The van der Waals surface area contributed by atoms with Crippen LogP contribution in [0.15, 0.2) is 66.7 Å². The van der Waals surface area contributed by atoms with Crippen molar-refractivity contribution in [1.29, 1.82) is 0 Å². The van der Waals surface area contributed by atoms with E-state index < -0.39 is 17.8 Å². The van der Waals surface area contributed by atoms with Gasteiger partial charge in [-0.3, -0.25) is 14.7 Å². The van der Waals surface area contributed by atoms with E-state index in [0.29, 0.717) is 11.4 Å². The van der Waals surface area contributed by atoms with Crippen LogP contribution in [0.3, 0.4) is 0 Å².